The van der Waals surface area contributed by atoms with E-state index in [0.717, 1.165) is 0 Å². The Kier molecular flexibility index (Phi) is 5.42. The zero-order valence-corrected chi connectivity index (χ0v) is 14.6. The summed E-state index contributed by atoms with van der Waals surface area (Å²) in [4.78, 5) is 22.5. The number of nitrogens with two attached hydrogens (primary N) is 1. The molecule has 2 heterocycles. The monoisotopic (exact) mass is 382 g/mol. The fraction of sp³-hybridized carbons (Fsp3) is 0.267. The lowest BCUT2D eigenvalue weighted by Gasteiger charge is -2.28. The molecule has 1 fully saturated rings. The molecule has 1 aromatic carbocycles. The van der Waals surface area contributed by atoms with Crippen molar-refractivity contribution in [3.63, 3.8) is 0 Å². The molecule has 8 nitrogen and oxygen atoms in total. The molecule has 0 aliphatic carbocycles. The van der Waals surface area contributed by atoms with Gasteiger partial charge < -0.3 is 15.4 Å². The fourth-order valence-corrected chi connectivity index (χ4v) is 2.86. The number of anilines is 3. The third kappa shape index (κ3) is 4.04. The maximum Gasteiger partial charge on any atom is 0.271 e. The number of benzene rings is 1. The van der Waals surface area contributed by atoms with Crippen molar-refractivity contribution < 1.29 is 9.53 Å². The molecule has 1 saturated heterocycles. The first-order valence-corrected chi connectivity index (χ1v) is 8.26. The Bertz CT molecular complexity index is 783. The normalized spacial score (nSPS) is 14.2. The molecule has 25 heavy (non-hydrogen) atoms. The van der Waals surface area contributed by atoms with Crippen LogP contribution in [-0.4, -0.2) is 42.2 Å². The van der Waals surface area contributed by atoms with E-state index < -0.39 is 5.91 Å². The first kappa shape index (κ1) is 17.5. The van der Waals surface area contributed by atoms with Gasteiger partial charge in [0.1, 0.15) is 12.0 Å². The van der Waals surface area contributed by atoms with Crippen molar-refractivity contribution in [2.24, 2.45) is 0 Å². The van der Waals surface area contributed by atoms with E-state index in [0.29, 0.717) is 48.6 Å². The van der Waals surface area contributed by atoms with E-state index >= 15 is 0 Å². The van der Waals surface area contributed by atoms with E-state index in [9.17, 15) is 4.79 Å². The Hall–Kier alpha value is -2.29. The fourth-order valence-electron chi connectivity index (χ4n) is 2.37. The molecular formula is C15H16Cl2N6O2. The number of halogens is 2. The second-order valence-corrected chi connectivity index (χ2v) is 6.11. The van der Waals surface area contributed by atoms with Crippen molar-refractivity contribution in [2.45, 2.75) is 0 Å². The summed E-state index contributed by atoms with van der Waals surface area (Å²) in [5.74, 6) is 0.460. The highest BCUT2D eigenvalue weighted by Gasteiger charge is 2.18. The highest BCUT2D eigenvalue weighted by Crippen LogP contribution is 2.26. The number of morpholine rings is 1. The Balaban J connectivity index is 1.71. The summed E-state index contributed by atoms with van der Waals surface area (Å²) in [6, 6.07) is 4.61. The number of nitrogen functional groups attached to an aromatic ring is 1. The maximum atomic E-state index is 12.2. The van der Waals surface area contributed by atoms with Gasteiger partial charge >= 0.3 is 0 Å². The number of carbonyl (C=O) groups excluding carboxylic acids is 1. The van der Waals surface area contributed by atoms with Crippen LogP contribution in [0.1, 0.15) is 10.4 Å². The van der Waals surface area contributed by atoms with Crippen LogP contribution in [0, 0.1) is 0 Å². The summed E-state index contributed by atoms with van der Waals surface area (Å²) in [6.07, 6.45) is 1.38. The topological polar surface area (TPSA) is 105 Å². The Morgan fingerprint density at radius 1 is 1.24 bits per heavy atom. The van der Waals surface area contributed by atoms with Gasteiger partial charge in [-0.2, -0.15) is 0 Å². The quantitative estimate of drug-likeness (QED) is 0.693. The van der Waals surface area contributed by atoms with Crippen molar-refractivity contribution in [1.29, 1.82) is 0 Å². The first-order valence-electron chi connectivity index (χ1n) is 7.51. The molecule has 1 aliphatic heterocycles. The van der Waals surface area contributed by atoms with Crippen molar-refractivity contribution in [2.75, 3.05) is 42.4 Å². The molecule has 10 heteroatoms. The number of amides is 1. The van der Waals surface area contributed by atoms with Crippen LogP contribution in [0.3, 0.4) is 0 Å². The van der Waals surface area contributed by atoms with Crippen LogP contribution in [-0.2, 0) is 4.74 Å². The summed E-state index contributed by atoms with van der Waals surface area (Å²) in [6.45, 7) is 2.59. The number of rotatable bonds is 4. The number of carbonyl (C=O) groups is 1. The second-order valence-electron chi connectivity index (χ2n) is 5.26. The number of hydrogen-bond donors (Lipinski definition) is 3. The molecule has 0 radical (unpaired) electrons. The van der Waals surface area contributed by atoms with Crippen LogP contribution in [0.25, 0.3) is 0 Å². The third-order valence-corrected chi connectivity index (χ3v) is 4.19. The van der Waals surface area contributed by atoms with Gasteiger partial charge in [-0.1, -0.05) is 23.2 Å². The highest BCUT2D eigenvalue weighted by atomic mass is 35.5. The minimum Gasteiger partial charge on any atom is -0.393 e. The maximum absolute atomic E-state index is 12.2. The zero-order valence-electron chi connectivity index (χ0n) is 13.1. The van der Waals surface area contributed by atoms with E-state index in [-0.39, 0.29) is 10.6 Å². The van der Waals surface area contributed by atoms with Crippen molar-refractivity contribution >= 4 is 46.4 Å². The average Bonchev–Trinajstić information content (AvgIpc) is 2.61. The molecule has 0 atom stereocenters. The Labute approximate surface area is 154 Å². The number of aromatic nitrogens is 2. The summed E-state index contributed by atoms with van der Waals surface area (Å²) in [5.41, 5.74) is 12.0. The van der Waals surface area contributed by atoms with Gasteiger partial charge in [0, 0.05) is 18.1 Å². The largest absolute Gasteiger partial charge is 0.393 e. The molecule has 0 bridgehead atoms. The molecule has 1 amide bonds. The molecule has 2 aromatic rings. The van der Waals surface area contributed by atoms with E-state index in [2.05, 4.69) is 20.8 Å². The smallest absolute Gasteiger partial charge is 0.271 e. The molecule has 0 saturated carbocycles. The molecule has 3 rings (SSSR count). The molecule has 1 aromatic heterocycles. The van der Waals surface area contributed by atoms with Crippen LogP contribution >= 0.6 is 23.2 Å². The number of hydrogen-bond acceptors (Lipinski definition) is 7. The number of hydrazine groups is 1. The predicted molar refractivity (Wildman–Crippen MR) is 97.0 cm³/mol. The lowest BCUT2D eigenvalue weighted by atomic mass is 10.2. The van der Waals surface area contributed by atoms with Gasteiger partial charge in [-0.05, 0) is 18.2 Å². The predicted octanol–water partition coefficient (Wildman–Crippen LogP) is 1.96. The van der Waals surface area contributed by atoms with Gasteiger partial charge in [-0.15, -0.1) is 0 Å². The van der Waals surface area contributed by atoms with E-state index in [1.165, 1.54) is 18.5 Å². The SMILES string of the molecule is Nc1c(NNC(=O)c2ccc(Cl)cc2Cl)ncnc1N1CCOCC1. The van der Waals surface area contributed by atoms with Gasteiger partial charge in [0.05, 0.1) is 23.8 Å². The lowest BCUT2D eigenvalue weighted by Crippen LogP contribution is -2.37. The van der Waals surface area contributed by atoms with Gasteiger partial charge in [0.2, 0.25) is 0 Å². The standard InChI is InChI=1S/C15H16Cl2N6O2/c16-9-1-2-10(11(17)7-9)15(24)22-21-13-12(18)14(20-8-19-13)23-3-5-25-6-4-23/h1-2,7-8H,3-6,18H2,(H,22,24)(H,19,20,21). The molecule has 0 unspecified atom stereocenters. The third-order valence-electron chi connectivity index (χ3n) is 3.64. The summed E-state index contributed by atoms with van der Waals surface area (Å²) in [5, 5.41) is 0.696. The van der Waals surface area contributed by atoms with Crippen molar-refractivity contribution in [1.82, 2.24) is 15.4 Å². The number of nitrogens with zero attached hydrogens (tertiary/aromatic N) is 3. The van der Waals surface area contributed by atoms with Crippen LogP contribution < -0.4 is 21.5 Å². The van der Waals surface area contributed by atoms with E-state index in [1.54, 1.807) is 6.07 Å². The van der Waals surface area contributed by atoms with E-state index in [4.69, 9.17) is 33.7 Å². The summed E-state index contributed by atoms with van der Waals surface area (Å²) in [7, 11) is 0. The summed E-state index contributed by atoms with van der Waals surface area (Å²) < 4.78 is 5.32. The Morgan fingerprint density at radius 2 is 2.00 bits per heavy atom. The van der Waals surface area contributed by atoms with Crippen molar-refractivity contribution in [3.8, 4) is 0 Å². The minimum absolute atomic E-state index is 0.247. The molecular weight excluding hydrogens is 367 g/mol. The lowest BCUT2D eigenvalue weighted by molar-refractivity contribution is 0.0962. The van der Waals surface area contributed by atoms with Gasteiger partial charge in [0.15, 0.2) is 11.6 Å². The van der Waals surface area contributed by atoms with Gasteiger partial charge in [-0.25, -0.2) is 9.97 Å². The Morgan fingerprint density at radius 3 is 2.72 bits per heavy atom. The van der Waals surface area contributed by atoms with Gasteiger partial charge in [0.25, 0.3) is 5.91 Å². The average molecular weight is 383 g/mol. The second kappa shape index (κ2) is 7.73. The molecule has 132 valence electrons. The summed E-state index contributed by atoms with van der Waals surface area (Å²) >= 11 is 11.9. The van der Waals surface area contributed by atoms with Gasteiger partial charge in [-0.3, -0.25) is 15.6 Å². The van der Waals surface area contributed by atoms with E-state index in [1.807, 2.05) is 4.90 Å². The molecule has 4 N–H and O–H groups in total. The van der Waals surface area contributed by atoms with Crippen molar-refractivity contribution in [3.05, 3.63) is 40.1 Å². The molecule has 1 aliphatic rings. The van der Waals surface area contributed by atoms with Crippen LogP contribution in [0.4, 0.5) is 17.3 Å². The van der Waals surface area contributed by atoms with Crippen LogP contribution in [0.15, 0.2) is 24.5 Å². The number of ether oxygens (including phenoxy) is 1. The number of nitrogens with one attached hydrogen (secondary N) is 2. The highest BCUT2D eigenvalue weighted by molar-refractivity contribution is 6.36. The zero-order chi connectivity index (χ0) is 17.8. The van der Waals surface area contributed by atoms with Crippen LogP contribution in [0.5, 0.6) is 0 Å². The van der Waals surface area contributed by atoms with Crippen LogP contribution in [0.2, 0.25) is 10.0 Å². The molecule has 0 spiro atoms. The minimum atomic E-state index is -0.437. The first-order chi connectivity index (χ1) is 12.1.